The van der Waals surface area contributed by atoms with Crippen molar-refractivity contribution in [1.29, 1.82) is 0 Å². The van der Waals surface area contributed by atoms with Crippen molar-refractivity contribution in [1.82, 2.24) is 0 Å². The molecule has 0 spiro atoms. The van der Waals surface area contributed by atoms with Crippen LogP contribution in [0.25, 0.3) is 11.0 Å². The van der Waals surface area contributed by atoms with E-state index in [9.17, 15) is 16.8 Å². The summed E-state index contributed by atoms with van der Waals surface area (Å²) < 4.78 is 56.4. The minimum atomic E-state index is -3.64. The fourth-order valence-electron chi connectivity index (χ4n) is 1.99. The molecule has 0 aliphatic rings. The number of furan rings is 1. The molecule has 1 aromatic heterocycles. The summed E-state index contributed by atoms with van der Waals surface area (Å²) in [6.45, 7) is 3.62. The van der Waals surface area contributed by atoms with Crippen LogP contribution in [0, 0.1) is 0 Å². The molecular weight excluding hydrogens is 328 g/mol. The largest absolute Gasteiger partial charge is 0.460 e. The van der Waals surface area contributed by atoms with E-state index in [1.165, 1.54) is 12.1 Å². The van der Waals surface area contributed by atoms with Gasteiger partial charge in [0.15, 0.2) is 9.84 Å². The second kappa shape index (κ2) is 5.68. The van der Waals surface area contributed by atoms with E-state index in [4.69, 9.17) is 8.60 Å². The Balaban J connectivity index is 2.64. The molecule has 1 heterocycles. The standard InChI is InChI=1S/C14H18O6S2/c1-9(2)13-7-10-5-12(21(3,15)16)6-11(14(10)20-13)8-19-22(4,17)18/h5-7,9H,8H2,1-4H3. The summed E-state index contributed by atoms with van der Waals surface area (Å²) in [5.74, 6) is 0.819. The van der Waals surface area contributed by atoms with Crippen molar-refractivity contribution >= 4 is 30.9 Å². The van der Waals surface area contributed by atoms with Crippen LogP contribution in [0.3, 0.4) is 0 Å². The fraction of sp³-hybridized carbons (Fsp3) is 0.429. The van der Waals surface area contributed by atoms with Crippen molar-refractivity contribution in [3.8, 4) is 0 Å². The lowest BCUT2D eigenvalue weighted by atomic mass is 10.1. The van der Waals surface area contributed by atoms with Crippen LogP contribution in [-0.2, 0) is 30.7 Å². The van der Waals surface area contributed by atoms with Gasteiger partial charge in [-0.15, -0.1) is 0 Å². The first-order valence-electron chi connectivity index (χ1n) is 6.58. The van der Waals surface area contributed by atoms with Crippen molar-refractivity contribution in [2.24, 2.45) is 0 Å². The van der Waals surface area contributed by atoms with Crippen molar-refractivity contribution < 1.29 is 25.4 Å². The molecule has 0 saturated heterocycles. The van der Waals surface area contributed by atoms with Gasteiger partial charge in [-0.05, 0) is 18.2 Å². The molecule has 0 aliphatic heterocycles. The number of rotatable bonds is 5. The molecule has 0 fully saturated rings. The molecule has 6 nitrogen and oxygen atoms in total. The molecule has 122 valence electrons. The molecule has 1 aromatic carbocycles. The van der Waals surface area contributed by atoms with Crippen molar-refractivity contribution in [2.75, 3.05) is 12.5 Å². The maximum atomic E-state index is 11.8. The van der Waals surface area contributed by atoms with E-state index in [-0.39, 0.29) is 17.4 Å². The summed E-state index contributed by atoms with van der Waals surface area (Å²) in [4.78, 5) is 0.100. The maximum Gasteiger partial charge on any atom is 0.264 e. The van der Waals surface area contributed by atoms with Crippen LogP contribution in [0.4, 0.5) is 0 Å². The minimum absolute atomic E-state index is 0.100. The first-order chi connectivity index (χ1) is 9.97. The smallest absolute Gasteiger partial charge is 0.264 e. The monoisotopic (exact) mass is 346 g/mol. The highest BCUT2D eigenvalue weighted by Gasteiger charge is 2.17. The van der Waals surface area contributed by atoms with Crippen LogP contribution in [0.15, 0.2) is 27.5 Å². The number of fused-ring (bicyclic) bond motifs is 1. The van der Waals surface area contributed by atoms with Crippen LogP contribution < -0.4 is 0 Å². The molecule has 0 radical (unpaired) electrons. The zero-order chi connectivity index (χ0) is 16.7. The summed E-state index contributed by atoms with van der Waals surface area (Å²) >= 11 is 0. The van der Waals surface area contributed by atoms with Gasteiger partial charge >= 0.3 is 0 Å². The Hall–Kier alpha value is -1.38. The third kappa shape index (κ3) is 3.88. The zero-order valence-corrected chi connectivity index (χ0v) is 14.4. The van der Waals surface area contributed by atoms with E-state index in [1.54, 1.807) is 6.07 Å². The highest BCUT2D eigenvalue weighted by molar-refractivity contribution is 7.90. The minimum Gasteiger partial charge on any atom is -0.460 e. The van der Waals surface area contributed by atoms with Crippen LogP contribution in [0.1, 0.15) is 31.1 Å². The summed E-state index contributed by atoms with van der Waals surface area (Å²) in [5.41, 5.74) is 0.829. The lowest BCUT2D eigenvalue weighted by Crippen LogP contribution is -2.04. The van der Waals surface area contributed by atoms with E-state index in [1.807, 2.05) is 13.8 Å². The molecule has 0 unspecified atom stereocenters. The van der Waals surface area contributed by atoms with Gasteiger partial charge in [0.1, 0.15) is 11.3 Å². The second-order valence-corrected chi connectivity index (χ2v) is 9.20. The topological polar surface area (TPSA) is 90.7 Å². The Morgan fingerprint density at radius 1 is 1.09 bits per heavy atom. The summed E-state index contributed by atoms with van der Waals surface area (Å²) in [5, 5.41) is 0.610. The number of sulfone groups is 1. The van der Waals surface area contributed by atoms with Gasteiger partial charge in [-0.25, -0.2) is 8.42 Å². The van der Waals surface area contributed by atoms with Crippen LogP contribution in [-0.4, -0.2) is 29.3 Å². The Kier molecular flexibility index (Phi) is 4.38. The average Bonchev–Trinajstić information content (AvgIpc) is 2.77. The van der Waals surface area contributed by atoms with Crippen LogP contribution in [0.2, 0.25) is 0 Å². The molecule has 22 heavy (non-hydrogen) atoms. The molecular formula is C14H18O6S2. The first-order valence-corrected chi connectivity index (χ1v) is 10.3. The van der Waals surface area contributed by atoms with Crippen LogP contribution in [0.5, 0.6) is 0 Å². The predicted molar refractivity (Wildman–Crippen MR) is 83.0 cm³/mol. The van der Waals surface area contributed by atoms with Gasteiger partial charge in [0.05, 0.1) is 17.8 Å². The van der Waals surface area contributed by atoms with Crippen LogP contribution >= 0.6 is 0 Å². The second-order valence-electron chi connectivity index (χ2n) is 5.54. The molecule has 0 aliphatic carbocycles. The molecule has 0 atom stereocenters. The normalized spacial score (nSPS) is 13.1. The van der Waals surface area contributed by atoms with Gasteiger partial charge in [-0.3, -0.25) is 4.18 Å². The molecule has 0 saturated carbocycles. The fourth-order valence-corrected chi connectivity index (χ4v) is 3.03. The van der Waals surface area contributed by atoms with Gasteiger partial charge < -0.3 is 4.42 Å². The van der Waals surface area contributed by atoms with E-state index in [2.05, 4.69) is 0 Å². The molecule has 8 heteroatoms. The molecule has 0 N–H and O–H groups in total. The van der Waals surface area contributed by atoms with Gasteiger partial charge in [-0.1, -0.05) is 13.8 Å². The summed E-state index contributed by atoms with van der Waals surface area (Å²) in [6.07, 6.45) is 2.03. The Bertz CT molecular complexity index is 904. The zero-order valence-electron chi connectivity index (χ0n) is 12.8. The summed E-state index contributed by atoms with van der Waals surface area (Å²) in [6, 6.07) is 4.67. The lowest BCUT2D eigenvalue weighted by Gasteiger charge is -2.06. The molecule has 2 rings (SSSR count). The molecule has 2 aromatic rings. The Morgan fingerprint density at radius 2 is 1.73 bits per heavy atom. The van der Waals surface area contributed by atoms with Crippen molar-refractivity contribution in [3.05, 3.63) is 29.5 Å². The number of benzene rings is 1. The SMILES string of the molecule is CC(C)c1cc2cc(S(C)(=O)=O)cc(COS(C)(=O)=O)c2o1. The highest BCUT2D eigenvalue weighted by atomic mass is 32.2. The molecule has 0 bridgehead atoms. The van der Waals surface area contributed by atoms with Gasteiger partial charge in [-0.2, -0.15) is 8.42 Å². The Morgan fingerprint density at radius 3 is 2.23 bits per heavy atom. The van der Waals surface area contributed by atoms with Gasteiger partial charge in [0.2, 0.25) is 0 Å². The summed E-state index contributed by atoms with van der Waals surface area (Å²) in [7, 11) is -7.07. The molecule has 0 amide bonds. The van der Waals surface area contributed by atoms with E-state index < -0.39 is 20.0 Å². The van der Waals surface area contributed by atoms with E-state index in [0.29, 0.717) is 22.3 Å². The third-order valence-corrected chi connectivity index (χ3v) is 4.75. The lowest BCUT2D eigenvalue weighted by molar-refractivity contribution is 0.311. The number of hydrogen-bond donors (Lipinski definition) is 0. The quantitative estimate of drug-likeness (QED) is 0.772. The van der Waals surface area contributed by atoms with E-state index in [0.717, 1.165) is 12.5 Å². The average molecular weight is 346 g/mol. The third-order valence-electron chi connectivity index (χ3n) is 3.11. The van der Waals surface area contributed by atoms with Crippen molar-refractivity contribution in [2.45, 2.75) is 31.3 Å². The predicted octanol–water partition coefficient (Wildman–Crippen LogP) is 2.44. The first kappa shape index (κ1) is 17.0. The maximum absolute atomic E-state index is 11.8. The van der Waals surface area contributed by atoms with Gasteiger partial charge in [0, 0.05) is 23.1 Å². The van der Waals surface area contributed by atoms with E-state index >= 15 is 0 Å². The Labute approximate surface area is 130 Å². The van der Waals surface area contributed by atoms with Crippen molar-refractivity contribution in [3.63, 3.8) is 0 Å². The highest BCUT2D eigenvalue weighted by Crippen LogP contribution is 2.30. The number of hydrogen-bond acceptors (Lipinski definition) is 6. The van der Waals surface area contributed by atoms with Gasteiger partial charge in [0.25, 0.3) is 10.1 Å².